The Labute approximate surface area is 92.2 Å². The summed E-state index contributed by atoms with van der Waals surface area (Å²) in [5, 5.41) is 9.32. The zero-order valence-corrected chi connectivity index (χ0v) is 8.96. The predicted molar refractivity (Wildman–Crippen MR) is 56.0 cm³/mol. The molecular formula is C11H13N2O3+. The van der Waals surface area contributed by atoms with Crippen LogP contribution in [-0.4, -0.2) is 9.67 Å². The molecule has 0 radical (unpaired) electrons. The van der Waals surface area contributed by atoms with Crippen molar-refractivity contribution in [2.24, 2.45) is 7.05 Å². The van der Waals surface area contributed by atoms with Crippen LogP contribution in [0.2, 0.25) is 0 Å². The molecule has 0 amide bonds. The average molecular weight is 221 g/mol. The van der Waals surface area contributed by atoms with Gasteiger partial charge in [-0.2, -0.15) is 0 Å². The van der Waals surface area contributed by atoms with E-state index in [0.717, 1.165) is 11.8 Å². The van der Waals surface area contributed by atoms with Gasteiger partial charge in [-0.05, 0) is 12.0 Å². The molecule has 0 aliphatic rings. The molecule has 0 aliphatic heterocycles. The highest BCUT2D eigenvalue weighted by atomic mass is 16.4. The van der Waals surface area contributed by atoms with E-state index in [9.17, 15) is 9.90 Å². The third-order valence-corrected chi connectivity index (χ3v) is 2.43. The fourth-order valence-corrected chi connectivity index (χ4v) is 1.47. The molecular weight excluding hydrogens is 208 g/mol. The van der Waals surface area contributed by atoms with E-state index in [-0.39, 0.29) is 5.88 Å². The summed E-state index contributed by atoms with van der Waals surface area (Å²) in [7, 11) is 1.94. The Bertz CT molecular complexity index is 525. The number of aromatic nitrogens is 2. The van der Waals surface area contributed by atoms with Gasteiger partial charge in [-0.3, -0.25) is 0 Å². The maximum Gasteiger partial charge on any atom is 0.421 e. The lowest BCUT2D eigenvalue weighted by Gasteiger charge is -2.01. The fourth-order valence-electron chi connectivity index (χ4n) is 1.47. The second kappa shape index (κ2) is 4.22. The lowest BCUT2D eigenvalue weighted by Crippen LogP contribution is -2.26. The van der Waals surface area contributed by atoms with E-state index in [1.54, 1.807) is 0 Å². The topological polar surface area (TPSA) is 59.2 Å². The van der Waals surface area contributed by atoms with Crippen LogP contribution < -0.4 is 10.3 Å². The summed E-state index contributed by atoms with van der Waals surface area (Å²) < 4.78 is 7.69. The van der Waals surface area contributed by atoms with Crippen molar-refractivity contribution in [2.75, 3.05) is 0 Å². The largest absolute Gasteiger partial charge is 0.492 e. The molecule has 16 heavy (non-hydrogen) atoms. The molecule has 84 valence electrons. The van der Waals surface area contributed by atoms with Crippen molar-refractivity contribution in [3.05, 3.63) is 46.9 Å². The van der Waals surface area contributed by atoms with Gasteiger partial charge in [-0.15, -0.1) is 0 Å². The molecule has 0 saturated heterocycles. The molecule has 2 rings (SSSR count). The first-order valence-electron chi connectivity index (χ1n) is 4.98. The number of aryl methyl sites for hydroxylation is 2. The van der Waals surface area contributed by atoms with Gasteiger partial charge in [-0.25, -0.2) is 13.9 Å². The molecule has 2 aromatic heterocycles. The summed E-state index contributed by atoms with van der Waals surface area (Å²) in [5.74, 6) is -0.662. The highest BCUT2D eigenvalue weighted by Gasteiger charge is 2.06. The van der Waals surface area contributed by atoms with Crippen molar-refractivity contribution in [3.8, 4) is 5.88 Å². The summed E-state index contributed by atoms with van der Waals surface area (Å²) in [6.07, 6.45) is 5.60. The van der Waals surface area contributed by atoms with E-state index < -0.39 is 5.76 Å². The van der Waals surface area contributed by atoms with Gasteiger partial charge in [0.05, 0.1) is 0 Å². The monoisotopic (exact) mass is 221 g/mol. The Morgan fingerprint density at radius 1 is 1.44 bits per heavy atom. The van der Waals surface area contributed by atoms with Gasteiger partial charge >= 0.3 is 5.76 Å². The Balaban J connectivity index is 2.08. The molecule has 0 aliphatic carbocycles. The van der Waals surface area contributed by atoms with Crippen molar-refractivity contribution in [1.29, 1.82) is 0 Å². The summed E-state index contributed by atoms with van der Waals surface area (Å²) in [5.41, 5.74) is 1.10. The summed E-state index contributed by atoms with van der Waals surface area (Å²) in [6, 6.07) is 3.95. The maximum atomic E-state index is 11.1. The van der Waals surface area contributed by atoms with Crippen LogP contribution >= 0.6 is 0 Å². The van der Waals surface area contributed by atoms with Gasteiger partial charge in [0.2, 0.25) is 5.88 Å². The number of aromatic hydroxyl groups is 1. The van der Waals surface area contributed by atoms with Crippen molar-refractivity contribution < 1.29 is 14.1 Å². The van der Waals surface area contributed by atoms with Gasteiger partial charge in [0.1, 0.15) is 7.05 Å². The number of pyridine rings is 1. The van der Waals surface area contributed by atoms with E-state index in [1.807, 2.05) is 36.1 Å². The van der Waals surface area contributed by atoms with Crippen LogP contribution in [0.4, 0.5) is 0 Å². The maximum absolute atomic E-state index is 11.1. The zero-order chi connectivity index (χ0) is 11.5. The molecule has 0 fully saturated rings. The molecule has 2 heterocycles. The van der Waals surface area contributed by atoms with Gasteiger partial charge in [-0.1, -0.05) is 0 Å². The second-order valence-corrected chi connectivity index (χ2v) is 3.63. The Hall–Kier alpha value is -2.04. The third-order valence-electron chi connectivity index (χ3n) is 2.43. The molecule has 0 saturated carbocycles. The molecule has 1 N–H and O–H groups in total. The quantitative estimate of drug-likeness (QED) is 0.754. The number of hydrogen-bond donors (Lipinski definition) is 1. The number of rotatable bonds is 3. The van der Waals surface area contributed by atoms with Crippen molar-refractivity contribution >= 4 is 0 Å². The van der Waals surface area contributed by atoms with Crippen LogP contribution in [0.25, 0.3) is 0 Å². The molecule has 0 spiro atoms. The molecule has 0 bridgehead atoms. The molecule has 5 heteroatoms. The minimum absolute atomic E-state index is 0.133. The Kier molecular flexibility index (Phi) is 2.76. The highest BCUT2D eigenvalue weighted by Crippen LogP contribution is 2.06. The van der Waals surface area contributed by atoms with Crippen LogP contribution in [0.3, 0.4) is 0 Å². The van der Waals surface area contributed by atoms with Crippen LogP contribution in [0.1, 0.15) is 5.56 Å². The summed E-state index contributed by atoms with van der Waals surface area (Å²) in [4.78, 5) is 11.1. The van der Waals surface area contributed by atoms with E-state index >= 15 is 0 Å². The van der Waals surface area contributed by atoms with E-state index in [0.29, 0.717) is 13.0 Å². The lowest BCUT2D eigenvalue weighted by molar-refractivity contribution is -0.671. The SMILES string of the molecule is C[n+]1ccc(CCn2c(O)coc2=O)cc1. The van der Waals surface area contributed by atoms with Crippen LogP contribution in [-0.2, 0) is 20.0 Å². The normalized spacial score (nSPS) is 10.6. The van der Waals surface area contributed by atoms with Crippen molar-refractivity contribution in [3.63, 3.8) is 0 Å². The predicted octanol–water partition coefficient (Wildman–Crippen LogP) is 0.214. The number of hydrogen-bond acceptors (Lipinski definition) is 3. The average Bonchev–Trinajstić information content (AvgIpc) is 2.59. The number of oxazole rings is 1. The minimum atomic E-state index is -0.529. The van der Waals surface area contributed by atoms with E-state index in [2.05, 4.69) is 4.42 Å². The smallest absolute Gasteiger partial charge is 0.421 e. The van der Waals surface area contributed by atoms with Crippen molar-refractivity contribution in [2.45, 2.75) is 13.0 Å². The molecule has 2 aromatic rings. The Morgan fingerprint density at radius 3 is 2.69 bits per heavy atom. The molecule has 0 aromatic carbocycles. The molecule has 0 unspecified atom stereocenters. The standard InChI is InChI=1S/C11H12N2O3/c1-12-5-2-9(3-6-12)4-7-13-10(14)8-16-11(13)15/h2-3,5-6,8H,4,7H2,1H3/p+1. The van der Waals surface area contributed by atoms with Crippen LogP contribution in [0.15, 0.2) is 40.0 Å². The van der Waals surface area contributed by atoms with Gasteiger partial charge in [0.25, 0.3) is 0 Å². The first-order chi connectivity index (χ1) is 7.66. The highest BCUT2D eigenvalue weighted by molar-refractivity contribution is 5.08. The molecule has 5 nitrogen and oxygen atoms in total. The van der Waals surface area contributed by atoms with Gasteiger partial charge in [0.15, 0.2) is 18.7 Å². The van der Waals surface area contributed by atoms with Gasteiger partial charge in [0, 0.05) is 18.7 Å². The van der Waals surface area contributed by atoms with Crippen LogP contribution in [0, 0.1) is 0 Å². The van der Waals surface area contributed by atoms with Crippen molar-refractivity contribution in [1.82, 2.24) is 4.57 Å². The lowest BCUT2D eigenvalue weighted by atomic mass is 10.2. The van der Waals surface area contributed by atoms with E-state index in [4.69, 9.17) is 0 Å². The first kappa shape index (κ1) is 10.5. The Morgan fingerprint density at radius 2 is 2.12 bits per heavy atom. The second-order valence-electron chi connectivity index (χ2n) is 3.63. The molecule has 0 atom stereocenters. The fraction of sp³-hybridized carbons (Fsp3) is 0.273. The summed E-state index contributed by atoms with van der Waals surface area (Å²) >= 11 is 0. The zero-order valence-electron chi connectivity index (χ0n) is 8.96. The minimum Gasteiger partial charge on any atom is -0.492 e. The number of nitrogens with zero attached hydrogens (tertiary/aromatic N) is 2. The van der Waals surface area contributed by atoms with Crippen LogP contribution in [0.5, 0.6) is 5.88 Å². The summed E-state index contributed by atoms with van der Waals surface area (Å²) in [6.45, 7) is 0.412. The van der Waals surface area contributed by atoms with Gasteiger partial charge < -0.3 is 9.52 Å². The van der Waals surface area contributed by atoms with E-state index in [1.165, 1.54) is 4.57 Å². The third kappa shape index (κ3) is 2.13. The first-order valence-corrected chi connectivity index (χ1v) is 4.98.